The third-order valence-corrected chi connectivity index (χ3v) is 20.2. The van der Waals surface area contributed by atoms with Crippen molar-refractivity contribution in [1.29, 1.82) is 0 Å². The van der Waals surface area contributed by atoms with Gasteiger partial charge < -0.3 is 57.9 Å². The molecule has 110 heavy (non-hydrogen) atoms. The van der Waals surface area contributed by atoms with Crippen LogP contribution in [0.2, 0.25) is 0 Å². The second kappa shape index (κ2) is 33.9. The van der Waals surface area contributed by atoms with E-state index in [0.29, 0.717) is 61.1 Å². The molecule has 1 amide bonds. The summed E-state index contributed by atoms with van der Waals surface area (Å²) in [6.07, 6.45) is 24.1. The highest BCUT2D eigenvalue weighted by Gasteiger charge is 2.30. The topological polar surface area (TPSA) is 280 Å². The average Bonchev–Trinajstić information content (AvgIpc) is 1.34. The Hall–Kier alpha value is -11.7. The van der Waals surface area contributed by atoms with E-state index in [-0.39, 0.29) is 18.5 Å². The van der Waals surface area contributed by atoms with Crippen LogP contribution in [0.4, 0.5) is 38.9 Å². The van der Waals surface area contributed by atoms with Crippen LogP contribution >= 0.6 is 0 Å². The zero-order valence-electron chi connectivity index (χ0n) is 64.0. The van der Waals surface area contributed by atoms with E-state index in [1.807, 2.05) is 158 Å². The molecule has 0 bridgehead atoms. The number of likely N-dealkylation sites (tertiary alicyclic amines) is 1. The average molecular weight is 1510 g/mol. The summed E-state index contributed by atoms with van der Waals surface area (Å²) >= 11 is 0. The molecule has 574 valence electrons. The summed E-state index contributed by atoms with van der Waals surface area (Å²) < 4.78 is 66.8. The van der Waals surface area contributed by atoms with Crippen LogP contribution in [-0.4, -0.2) is 183 Å². The van der Waals surface area contributed by atoms with Crippen LogP contribution in [0.3, 0.4) is 0 Å². The van der Waals surface area contributed by atoms with Crippen molar-refractivity contribution in [3.8, 4) is 68.3 Å². The third kappa shape index (κ3) is 19.6. The highest BCUT2D eigenvalue weighted by atomic mass is 32.2. The van der Waals surface area contributed by atoms with E-state index in [0.717, 1.165) is 151 Å². The maximum absolute atomic E-state index is 12.4. The Morgan fingerprint density at radius 2 is 0.855 bits per heavy atom. The summed E-state index contributed by atoms with van der Waals surface area (Å²) in [5.74, 6) is 6.12. The standard InChI is InChI=1S/C34H42N6O4.C26H29N5O4S.C22H23N5O3/c1-34(2,3)44-33(41)38-12-10-24(11-13-38)20-39-22-25(18-36-39)32-19-35-30-9-8-26(16-31(30)37-32)40(21-23-6-7-23)27-14-28(42-4)17-29(15-27)43-5;1-34-22-10-21(11-23(13-22)35-2)31(16-18-4-5-18)20-6-7-24-25(12-20)29-26(15-27-24)19-14-28-30(17-19)8-9-36(3,32)33;1-26-14-15(12-24-26)22-13-23-20-5-4-16(10-21(20)25-22)27(6-7-28)17-8-18(29-2)11-19(9-17)30-3/h8-9,14-19,22-24H,6-7,10-13,20-21H2,1-5H3;6-7,10-15,17-18H,4-5,8-9,16H2,1-3H3;4-5,8-14,28H,6-7H2,1-3H3. The third-order valence-electron chi connectivity index (χ3n) is 19.3. The first-order chi connectivity index (χ1) is 53.1. The highest BCUT2D eigenvalue weighted by molar-refractivity contribution is 7.90. The number of amides is 1. The molecule has 1 aliphatic heterocycles. The number of piperidine rings is 1. The summed E-state index contributed by atoms with van der Waals surface area (Å²) in [5.41, 5.74) is 15.0. The lowest BCUT2D eigenvalue weighted by Gasteiger charge is -2.33. The van der Waals surface area contributed by atoms with Gasteiger partial charge in [0.15, 0.2) is 0 Å². The van der Waals surface area contributed by atoms with Crippen molar-refractivity contribution in [1.82, 2.24) is 64.1 Å². The van der Waals surface area contributed by atoms with Crippen molar-refractivity contribution >= 4 is 83.2 Å². The van der Waals surface area contributed by atoms with Gasteiger partial charge in [-0.2, -0.15) is 15.3 Å². The molecular formula is C82H94N16O11S. The first-order valence-corrected chi connectivity index (χ1v) is 38.8. The molecule has 3 aliphatic rings. The van der Waals surface area contributed by atoms with Crippen molar-refractivity contribution in [3.05, 3.63) is 165 Å². The number of benzene rings is 6. The minimum absolute atomic E-state index is 0.0149. The number of sulfone groups is 1. The molecule has 27 nitrogen and oxygen atoms in total. The molecule has 0 atom stereocenters. The van der Waals surface area contributed by atoms with Gasteiger partial charge in [-0.25, -0.2) is 28.2 Å². The molecule has 3 fully saturated rings. The molecule has 0 unspecified atom stereocenters. The Kier molecular flexibility index (Phi) is 23.6. The van der Waals surface area contributed by atoms with Crippen LogP contribution in [0.5, 0.6) is 34.5 Å². The first kappa shape index (κ1) is 76.5. The molecule has 2 saturated carbocycles. The van der Waals surface area contributed by atoms with Gasteiger partial charge in [-0.05, 0) is 132 Å². The fourth-order valence-electron chi connectivity index (χ4n) is 13.0. The van der Waals surface area contributed by atoms with Crippen LogP contribution in [0, 0.1) is 17.8 Å². The number of carbonyl (C=O) groups is 1. The lowest BCUT2D eigenvalue weighted by atomic mass is 9.97. The molecule has 12 aromatic rings. The summed E-state index contributed by atoms with van der Waals surface area (Å²) in [4.78, 5) is 49.3. The molecule has 0 spiro atoms. The van der Waals surface area contributed by atoms with E-state index >= 15 is 0 Å². The summed E-state index contributed by atoms with van der Waals surface area (Å²) in [6.45, 7) is 10.4. The molecule has 7 heterocycles. The first-order valence-electron chi connectivity index (χ1n) is 36.7. The zero-order chi connectivity index (χ0) is 77.2. The van der Waals surface area contributed by atoms with Gasteiger partial charge in [0.1, 0.15) is 49.9 Å². The monoisotopic (exact) mass is 1510 g/mol. The molecule has 1 saturated heterocycles. The van der Waals surface area contributed by atoms with Crippen LogP contribution in [0.25, 0.3) is 66.9 Å². The second-order valence-electron chi connectivity index (χ2n) is 28.9. The Morgan fingerprint density at radius 1 is 0.473 bits per heavy atom. The van der Waals surface area contributed by atoms with Crippen molar-refractivity contribution in [3.63, 3.8) is 0 Å². The van der Waals surface area contributed by atoms with Crippen molar-refractivity contribution in [2.45, 2.75) is 78.0 Å². The number of carbonyl (C=O) groups excluding carboxylic acids is 1. The maximum Gasteiger partial charge on any atom is 0.410 e. The number of methoxy groups -OCH3 is 6. The van der Waals surface area contributed by atoms with E-state index in [1.54, 1.807) is 83.0 Å². The van der Waals surface area contributed by atoms with Gasteiger partial charge >= 0.3 is 6.09 Å². The smallest absolute Gasteiger partial charge is 0.410 e. The summed E-state index contributed by atoms with van der Waals surface area (Å²) in [6, 6.07) is 35.7. The molecule has 28 heteroatoms. The number of fused-ring (bicyclic) bond motifs is 3. The minimum Gasteiger partial charge on any atom is -0.497 e. The Bertz CT molecular complexity index is 5250. The van der Waals surface area contributed by atoms with Gasteiger partial charge in [0.25, 0.3) is 0 Å². The van der Waals surface area contributed by atoms with Gasteiger partial charge in [0.05, 0.1) is 149 Å². The number of aliphatic hydroxyl groups is 1. The van der Waals surface area contributed by atoms with Crippen LogP contribution in [-0.2, 0) is 34.7 Å². The second-order valence-corrected chi connectivity index (χ2v) is 31.1. The van der Waals surface area contributed by atoms with Crippen molar-refractivity contribution in [2.24, 2.45) is 24.8 Å². The van der Waals surface area contributed by atoms with Crippen molar-refractivity contribution in [2.75, 3.05) is 109 Å². The molecule has 1 N–H and O–H groups in total. The van der Waals surface area contributed by atoms with E-state index < -0.39 is 15.4 Å². The fraction of sp³-hybridized carbons (Fsp3) is 0.366. The van der Waals surface area contributed by atoms with Gasteiger partial charge in [-0.3, -0.25) is 29.0 Å². The number of rotatable bonds is 26. The number of aliphatic hydroxyl groups excluding tert-OH is 1. The molecule has 15 rings (SSSR count). The summed E-state index contributed by atoms with van der Waals surface area (Å²) in [5, 5.41) is 22.8. The maximum atomic E-state index is 12.4. The van der Waals surface area contributed by atoms with E-state index in [1.165, 1.54) is 31.9 Å². The number of ether oxygens (including phenoxy) is 7. The van der Waals surface area contributed by atoms with E-state index in [2.05, 4.69) is 53.3 Å². The number of anilines is 6. The van der Waals surface area contributed by atoms with Crippen LogP contribution < -0.4 is 43.1 Å². The zero-order valence-corrected chi connectivity index (χ0v) is 64.8. The lowest BCUT2D eigenvalue weighted by molar-refractivity contribution is 0.0177. The van der Waals surface area contributed by atoms with Gasteiger partial charge in [-0.15, -0.1) is 0 Å². The molecule has 0 radical (unpaired) electrons. The SMILES string of the molecule is COc1cc(OC)cc(N(CC2CC2)c2ccc3ncc(-c4cnn(CC5CCN(C(=O)OC(C)(C)C)CC5)c4)nc3c2)c1.COc1cc(OC)cc(N(CC2CC2)c2ccc3ncc(-c4cnn(CCS(C)(=O)=O)c4)nc3c2)c1.COc1cc(OC)cc(N(CCO)c2ccc3ncc(-c4cnn(C)c4)nc3c2)c1. The number of aromatic nitrogens is 12. The lowest BCUT2D eigenvalue weighted by Crippen LogP contribution is -2.42. The summed E-state index contributed by atoms with van der Waals surface area (Å²) in [7, 11) is 8.68. The van der Waals surface area contributed by atoms with Gasteiger partial charge in [0.2, 0.25) is 0 Å². The molecule has 2 aliphatic carbocycles. The number of hydrogen-bond acceptors (Lipinski definition) is 23. The molecule has 6 aromatic heterocycles. The predicted octanol–water partition coefficient (Wildman–Crippen LogP) is 14.0. The number of nitrogens with zero attached hydrogens (tertiary/aromatic N) is 16. The van der Waals surface area contributed by atoms with Gasteiger partial charge in [-0.1, -0.05) is 0 Å². The number of hydrogen-bond donors (Lipinski definition) is 1. The van der Waals surface area contributed by atoms with E-state index in [4.69, 9.17) is 53.1 Å². The molecular weight excluding hydrogens is 1420 g/mol. The molecule has 6 aromatic carbocycles. The fourth-order valence-corrected chi connectivity index (χ4v) is 13.5. The van der Waals surface area contributed by atoms with Crippen LogP contribution in [0.15, 0.2) is 165 Å². The van der Waals surface area contributed by atoms with Gasteiger partial charge in [0, 0.05) is 177 Å². The predicted molar refractivity (Wildman–Crippen MR) is 426 cm³/mol. The Morgan fingerprint density at radius 3 is 1.23 bits per heavy atom. The highest BCUT2D eigenvalue weighted by Crippen LogP contribution is 2.42. The largest absolute Gasteiger partial charge is 0.497 e. The minimum atomic E-state index is -3.06. The van der Waals surface area contributed by atoms with Crippen LogP contribution in [0.1, 0.15) is 59.3 Å². The normalized spacial score (nSPS) is 13.8. The quantitative estimate of drug-likeness (QED) is 0.0527. The number of aryl methyl sites for hydroxylation is 2. The Labute approximate surface area is 640 Å². The van der Waals surface area contributed by atoms with E-state index in [9.17, 15) is 18.3 Å². The Balaban J connectivity index is 0.000000148. The van der Waals surface area contributed by atoms with Crippen molar-refractivity contribution < 1.29 is 51.5 Å².